The van der Waals surface area contributed by atoms with Crippen molar-refractivity contribution < 1.29 is 4.79 Å². The average Bonchev–Trinajstić information content (AvgIpc) is 2.83. The number of hydrogen-bond donors (Lipinski definition) is 1. The van der Waals surface area contributed by atoms with Crippen molar-refractivity contribution in [2.75, 3.05) is 5.32 Å². The average molecular weight is 506 g/mol. The summed E-state index contributed by atoms with van der Waals surface area (Å²) in [7, 11) is 0. The Kier molecular flexibility index (Phi) is 7.29. The summed E-state index contributed by atoms with van der Waals surface area (Å²) >= 11 is 4.79. The zero-order chi connectivity index (χ0) is 22.5. The molecule has 1 N–H and O–H groups in total. The first-order chi connectivity index (χ1) is 15.6. The van der Waals surface area contributed by atoms with Gasteiger partial charge in [0, 0.05) is 15.9 Å². The van der Waals surface area contributed by atoms with Crippen LogP contribution in [0.2, 0.25) is 0 Å². The van der Waals surface area contributed by atoms with E-state index in [0.717, 1.165) is 40.7 Å². The van der Waals surface area contributed by atoms with E-state index in [4.69, 9.17) is 4.98 Å². The van der Waals surface area contributed by atoms with E-state index in [9.17, 15) is 10.1 Å². The van der Waals surface area contributed by atoms with E-state index in [1.165, 1.54) is 17.3 Å². The lowest BCUT2D eigenvalue weighted by atomic mass is 9.82. The quantitative estimate of drug-likeness (QED) is 0.388. The molecule has 2 aromatic carbocycles. The molecule has 162 valence electrons. The van der Waals surface area contributed by atoms with Crippen molar-refractivity contribution in [2.45, 2.75) is 48.8 Å². The SMILES string of the molecule is CCC(Sc1nc2c(cc1C#N)CC(c1ccccc1)CC2)C(=O)Nc1ccc(Br)cc1. The fourth-order valence-electron chi connectivity index (χ4n) is 4.04. The minimum atomic E-state index is -0.322. The second-order valence-corrected chi connectivity index (χ2v) is 10.0. The minimum Gasteiger partial charge on any atom is -0.325 e. The second-order valence-electron chi connectivity index (χ2n) is 7.92. The highest BCUT2D eigenvalue weighted by Crippen LogP contribution is 2.35. The van der Waals surface area contributed by atoms with Crippen LogP contribution >= 0.6 is 27.7 Å². The third-order valence-electron chi connectivity index (χ3n) is 5.77. The number of nitrogens with zero attached hydrogens (tertiary/aromatic N) is 2. The van der Waals surface area contributed by atoms with Crippen LogP contribution in [0.15, 0.2) is 70.2 Å². The van der Waals surface area contributed by atoms with Gasteiger partial charge in [-0.25, -0.2) is 4.98 Å². The molecule has 0 saturated carbocycles. The molecule has 0 bridgehead atoms. The van der Waals surface area contributed by atoms with E-state index >= 15 is 0 Å². The monoisotopic (exact) mass is 505 g/mol. The van der Waals surface area contributed by atoms with E-state index in [1.54, 1.807) is 0 Å². The highest BCUT2D eigenvalue weighted by molar-refractivity contribution is 9.10. The van der Waals surface area contributed by atoms with E-state index in [0.29, 0.717) is 22.9 Å². The first kappa shape index (κ1) is 22.6. The highest BCUT2D eigenvalue weighted by atomic mass is 79.9. The molecule has 2 unspecified atom stereocenters. The van der Waals surface area contributed by atoms with Crippen LogP contribution < -0.4 is 5.32 Å². The number of thioether (sulfide) groups is 1. The lowest BCUT2D eigenvalue weighted by Gasteiger charge is -2.25. The van der Waals surface area contributed by atoms with Crippen LogP contribution in [0.25, 0.3) is 0 Å². The largest absolute Gasteiger partial charge is 0.325 e. The molecule has 4 rings (SSSR count). The van der Waals surface area contributed by atoms with Crippen molar-refractivity contribution >= 4 is 39.3 Å². The number of aromatic nitrogens is 1. The number of pyridine rings is 1. The van der Waals surface area contributed by atoms with Crippen molar-refractivity contribution in [3.05, 3.63) is 87.5 Å². The number of carbonyl (C=O) groups is 1. The van der Waals surface area contributed by atoms with Gasteiger partial charge in [0.2, 0.25) is 5.91 Å². The molecule has 1 heterocycles. The Hall–Kier alpha value is -2.62. The molecule has 0 radical (unpaired) electrons. The van der Waals surface area contributed by atoms with Crippen LogP contribution in [0.3, 0.4) is 0 Å². The van der Waals surface area contributed by atoms with Crippen molar-refractivity contribution in [2.24, 2.45) is 0 Å². The fraction of sp³-hybridized carbons (Fsp3) is 0.269. The predicted molar refractivity (Wildman–Crippen MR) is 133 cm³/mol. The van der Waals surface area contributed by atoms with Gasteiger partial charge in [-0.05, 0) is 73.1 Å². The van der Waals surface area contributed by atoms with Crippen molar-refractivity contribution in [1.29, 1.82) is 5.26 Å². The minimum absolute atomic E-state index is 0.0765. The summed E-state index contributed by atoms with van der Waals surface area (Å²) in [4.78, 5) is 17.7. The summed E-state index contributed by atoms with van der Waals surface area (Å²) < 4.78 is 0.961. The van der Waals surface area contributed by atoms with Crippen LogP contribution in [-0.4, -0.2) is 16.1 Å². The van der Waals surface area contributed by atoms with E-state index in [-0.39, 0.29) is 11.2 Å². The number of benzene rings is 2. The molecular weight excluding hydrogens is 482 g/mol. The summed E-state index contributed by atoms with van der Waals surface area (Å²) in [5.41, 5.74) is 4.85. The topological polar surface area (TPSA) is 65.8 Å². The third-order valence-corrected chi connectivity index (χ3v) is 7.67. The summed E-state index contributed by atoms with van der Waals surface area (Å²) in [6.45, 7) is 1.98. The van der Waals surface area contributed by atoms with Crippen LogP contribution in [-0.2, 0) is 17.6 Å². The Morgan fingerprint density at radius 3 is 2.69 bits per heavy atom. The van der Waals surface area contributed by atoms with E-state index in [1.807, 2.05) is 43.3 Å². The molecule has 0 fully saturated rings. The molecule has 0 aliphatic heterocycles. The number of nitriles is 1. The van der Waals surface area contributed by atoms with Gasteiger partial charge in [0.25, 0.3) is 0 Å². The van der Waals surface area contributed by atoms with Crippen LogP contribution in [0.1, 0.15) is 48.1 Å². The third kappa shape index (κ3) is 5.23. The molecule has 32 heavy (non-hydrogen) atoms. The first-order valence-electron chi connectivity index (χ1n) is 10.8. The maximum absolute atomic E-state index is 12.9. The van der Waals surface area contributed by atoms with Crippen molar-refractivity contribution in [3.63, 3.8) is 0 Å². The zero-order valence-corrected chi connectivity index (χ0v) is 20.2. The Morgan fingerprint density at radius 1 is 1.25 bits per heavy atom. The number of nitrogens with one attached hydrogen (secondary N) is 1. The molecule has 0 spiro atoms. The van der Waals surface area contributed by atoms with Crippen LogP contribution in [0, 0.1) is 11.3 Å². The number of hydrogen-bond acceptors (Lipinski definition) is 4. The Labute approximate surface area is 201 Å². The molecule has 2 atom stereocenters. The normalized spacial score (nSPS) is 16.0. The number of fused-ring (bicyclic) bond motifs is 1. The Morgan fingerprint density at radius 2 is 2.00 bits per heavy atom. The molecule has 1 amide bonds. The van der Waals surface area contributed by atoms with Crippen LogP contribution in [0.4, 0.5) is 5.69 Å². The number of amides is 1. The maximum atomic E-state index is 12.9. The van der Waals surface area contributed by atoms with Crippen molar-refractivity contribution in [3.8, 4) is 6.07 Å². The summed E-state index contributed by atoms with van der Waals surface area (Å²) in [6, 6.07) is 22.3. The van der Waals surface area contributed by atoms with Crippen LogP contribution in [0.5, 0.6) is 0 Å². The summed E-state index contributed by atoms with van der Waals surface area (Å²) in [5.74, 6) is 0.378. The second kappa shape index (κ2) is 10.3. The first-order valence-corrected chi connectivity index (χ1v) is 12.5. The zero-order valence-electron chi connectivity index (χ0n) is 17.8. The number of carbonyl (C=O) groups excluding carboxylic acids is 1. The molecule has 3 aromatic rings. The molecule has 1 aliphatic carbocycles. The smallest absolute Gasteiger partial charge is 0.237 e. The Balaban J connectivity index is 1.51. The van der Waals surface area contributed by atoms with Gasteiger partial charge in [0.05, 0.1) is 10.8 Å². The lowest BCUT2D eigenvalue weighted by Crippen LogP contribution is -2.25. The fourth-order valence-corrected chi connectivity index (χ4v) is 5.30. The molecule has 1 aromatic heterocycles. The standard InChI is InChI=1S/C26H24BrN3OS/c1-2-24(25(31)29-22-11-9-21(27)10-12-22)32-26-20(16-28)15-19-14-18(8-13-23(19)30-26)17-6-4-3-5-7-17/h3-7,9-12,15,18,24H,2,8,13-14H2,1H3,(H,29,31). The lowest BCUT2D eigenvalue weighted by molar-refractivity contribution is -0.115. The summed E-state index contributed by atoms with van der Waals surface area (Å²) in [5, 5.41) is 13.1. The van der Waals surface area contributed by atoms with Gasteiger partial charge < -0.3 is 5.32 Å². The molecule has 0 saturated heterocycles. The van der Waals surface area contributed by atoms with Gasteiger partial charge in [0.1, 0.15) is 11.1 Å². The molecular formula is C26H24BrN3OS. The van der Waals surface area contributed by atoms with Gasteiger partial charge in [-0.15, -0.1) is 0 Å². The molecule has 1 aliphatic rings. The van der Waals surface area contributed by atoms with E-state index in [2.05, 4.69) is 51.6 Å². The Bertz CT molecular complexity index is 1140. The van der Waals surface area contributed by atoms with Gasteiger partial charge in [-0.3, -0.25) is 4.79 Å². The maximum Gasteiger partial charge on any atom is 0.237 e. The highest BCUT2D eigenvalue weighted by Gasteiger charge is 2.25. The number of halogens is 1. The number of aryl methyl sites for hydroxylation is 1. The summed E-state index contributed by atoms with van der Waals surface area (Å²) in [6.07, 6.45) is 3.47. The van der Waals surface area contributed by atoms with Gasteiger partial charge in [0.15, 0.2) is 0 Å². The number of anilines is 1. The van der Waals surface area contributed by atoms with Crippen molar-refractivity contribution in [1.82, 2.24) is 4.98 Å². The molecule has 6 heteroatoms. The van der Waals surface area contributed by atoms with Gasteiger partial charge >= 0.3 is 0 Å². The molecule has 4 nitrogen and oxygen atoms in total. The predicted octanol–water partition coefficient (Wildman–Crippen LogP) is 6.50. The van der Waals surface area contributed by atoms with Gasteiger partial charge in [-0.2, -0.15) is 5.26 Å². The number of rotatable bonds is 6. The van der Waals surface area contributed by atoms with E-state index < -0.39 is 0 Å². The van der Waals surface area contributed by atoms with Gasteiger partial charge in [-0.1, -0.05) is 64.9 Å².